The third kappa shape index (κ3) is 4.36. The molecule has 0 atom stereocenters. The van der Waals surface area contributed by atoms with E-state index in [1.54, 1.807) is 24.9 Å². The molecule has 21 heavy (non-hydrogen) atoms. The Kier molecular flexibility index (Phi) is 4.73. The zero-order chi connectivity index (χ0) is 15.5. The van der Waals surface area contributed by atoms with Crippen molar-refractivity contribution in [2.24, 2.45) is 0 Å². The molecule has 2 N–H and O–H groups in total. The molecule has 112 valence electrons. The van der Waals surface area contributed by atoms with Crippen molar-refractivity contribution in [3.05, 3.63) is 41.5 Å². The van der Waals surface area contributed by atoms with Gasteiger partial charge < -0.3 is 10.5 Å². The van der Waals surface area contributed by atoms with E-state index in [0.717, 1.165) is 5.75 Å². The van der Waals surface area contributed by atoms with E-state index in [2.05, 4.69) is 55.0 Å². The minimum atomic E-state index is 0.177. The Morgan fingerprint density at radius 2 is 1.81 bits per heavy atom. The summed E-state index contributed by atoms with van der Waals surface area (Å²) < 4.78 is 5.10. The fourth-order valence-corrected chi connectivity index (χ4v) is 2.65. The molecule has 1 heterocycles. The number of nitrogens with zero attached hydrogens (tertiary/aromatic N) is 2. The highest BCUT2D eigenvalue weighted by molar-refractivity contribution is 7.98. The molecule has 0 spiro atoms. The van der Waals surface area contributed by atoms with E-state index >= 15 is 0 Å². The Hall–Kier alpha value is -1.75. The first kappa shape index (κ1) is 15.6. The normalized spacial score (nSPS) is 11.4. The lowest BCUT2D eigenvalue weighted by Crippen LogP contribution is -2.10. The number of ether oxygens (including phenoxy) is 1. The number of aromatic nitrogens is 2. The number of methoxy groups -OCH3 is 1. The molecule has 0 aliphatic rings. The summed E-state index contributed by atoms with van der Waals surface area (Å²) in [5.74, 6) is 1.72. The van der Waals surface area contributed by atoms with Crippen LogP contribution >= 0.6 is 11.8 Å². The summed E-state index contributed by atoms with van der Waals surface area (Å²) in [6.45, 7) is 6.64. The Morgan fingerprint density at radius 1 is 1.14 bits per heavy atom. The molecule has 0 saturated carbocycles. The second-order valence-corrected chi connectivity index (χ2v) is 6.80. The molecule has 0 saturated heterocycles. The predicted octanol–water partition coefficient (Wildman–Crippen LogP) is 3.66. The van der Waals surface area contributed by atoms with Gasteiger partial charge in [-0.3, -0.25) is 0 Å². The van der Waals surface area contributed by atoms with Crippen LogP contribution in [0.1, 0.15) is 31.9 Å². The number of anilines is 1. The maximum atomic E-state index is 5.73. The van der Waals surface area contributed by atoms with Crippen molar-refractivity contribution in [2.75, 3.05) is 12.8 Å². The van der Waals surface area contributed by atoms with E-state index in [9.17, 15) is 0 Å². The van der Waals surface area contributed by atoms with Crippen LogP contribution in [0.5, 0.6) is 5.88 Å². The molecular formula is C16H21N3OS. The average molecular weight is 303 g/mol. The van der Waals surface area contributed by atoms with Crippen molar-refractivity contribution in [1.82, 2.24) is 9.97 Å². The summed E-state index contributed by atoms with van der Waals surface area (Å²) in [5, 5.41) is 0.631. The maximum Gasteiger partial charge on any atom is 0.219 e. The predicted molar refractivity (Wildman–Crippen MR) is 87.7 cm³/mol. The monoisotopic (exact) mass is 303 g/mol. The number of thioether (sulfide) groups is 1. The summed E-state index contributed by atoms with van der Waals surface area (Å²) in [6.07, 6.45) is 0. The molecule has 1 aromatic carbocycles. The lowest BCUT2D eigenvalue weighted by molar-refractivity contribution is 0.393. The number of nitrogens with two attached hydrogens (primary N) is 1. The Bertz CT molecular complexity index is 606. The second kappa shape index (κ2) is 6.35. The maximum absolute atomic E-state index is 5.73. The number of nitrogen functional groups attached to an aromatic ring is 1. The average Bonchev–Trinajstić information content (AvgIpc) is 2.44. The molecule has 2 rings (SSSR count). The van der Waals surface area contributed by atoms with E-state index < -0.39 is 0 Å². The zero-order valence-corrected chi connectivity index (χ0v) is 13.7. The van der Waals surface area contributed by atoms with Gasteiger partial charge in [-0.15, -0.1) is 0 Å². The largest absolute Gasteiger partial charge is 0.481 e. The molecular weight excluding hydrogens is 282 g/mol. The fraction of sp³-hybridized carbons (Fsp3) is 0.375. The van der Waals surface area contributed by atoms with E-state index in [4.69, 9.17) is 10.5 Å². The van der Waals surface area contributed by atoms with Crippen LogP contribution < -0.4 is 10.5 Å². The van der Waals surface area contributed by atoms with E-state index in [1.807, 2.05) is 0 Å². The summed E-state index contributed by atoms with van der Waals surface area (Å²) in [5.41, 5.74) is 8.47. The van der Waals surface area contributed by atoms with Crippen molar-refractivity contribution < 1.29 is 4.74 Å². The van der Waals surface area contributed by atoms with E-state index in [-0.39, 0.29) is 5.41 Å². The van der Waals surface area contributed by atoms with Gasteiger partial charge in [-0.05, 0) is 16.5 Å². The van der Waals surface area contributed by atoms with Gasteiger partial charge in [-0.2, -0.15) is 4.98 Å². The highest BCUT2D eigenvalue weighted by Gasteiger charge is 2.13. The standard InChI is InChI=1S/C16H21N3OS/c1-16(2,3)12-7-5-11(6-8-12)10-21-15-18-13(17)9-14(19-15)20-4/h5-9H,10H2,1-4H3,(H2,17,18,19). The summed E-state index contributed by atoms with van der Waals surface area (Å²) in [6, 6.07) is 10.3. The van der Waals surface area contributed by atoms with Crippen LogP contribution in [-0.4, -0.2) is 17.1 Å². The van der Waals surface area contributed by atoms with Gasteiger partial charge in [0.05, 0.1) is 7.11 Å². The van der Waals surface area contributed by atoms with Crippen LogP contribution in [-0.2, 0) is 11.2 Å². The first-order chi connectivity index (χ1) is 9.88. The van der Waals surface area contributed by atoms with Crippen LogP contribution in [0.3, 0.4) is 0 Å². The number of hydrogen-bond acceptors (Lipinski definition) is 5. The Balaban J connectivity index is 2.05. The van der Waals surface area contributed by atoms with Crippen molar-refractivity contribution in [3.8, 4) is 5.88 Å². The Morgan fingerprint density at radius 3 is 2.38 bits per heavy atom. The highest BCUT2D eigenvalue weighted by Crippen LogP contribution is 2.25. The number of rotatable bonds is 4. The van der Waals surface area contributed by atoms with Gasteiger partial charge in [0.1, 0.15) is 5.82 Å². The molecule has 0 bridgehead atoms. The van der Waals surface area contributed by atoms with Gasteiger partial charge >= 0.3 is 0 Å². The third-order valence-corrected chi connectivity index (χ3v) is 4.02. The molecule has 5 heteroatoms. The van der Waals surface area contributed by atoms with Crippen LogP contribution in [0.15, 0.2) is 35.5 Å². The number of benzene rings is 1. The zero-order valence-electron chi connectivity index (χ0n) is 12.9. The molecule has 0 amide bonds. The lowest BCUT2D eigenvalue weighted by Gasteiger charge is -2.19. The van der Waals surface area contributed by atoms with Gasteiger partial charge in [-0.1, -0.05) is 56.8 Å². The molecule has 4 nitrogen and oxygen atoms in total. The molecule has 0 fully saturated rings. The highest BCUT2D eigenvalue weighted by atomic mass is 32.2. The van der Waals surface area contributed by atoms with Crippen LogP contribution in [0.2, 0.25) is 0 Å². The second-order valence-electron chi connectivity index (χ2n) is 5.85. The molecule has 1 aromatic heterocycles. The first-order valence-electron chi connectivity index (χ1n) is 6.79. The van der Waals surface area contributed by atoms with Crippen LogP contribution in [0, 0.1) is 0 Å². The van der Waals surface area contributed by atoms with Gasteiger partial charge in [0.15, 0.2) is 5.16 Å². The smallest absolute Gasteiger partial charge is 0.219 e. The molecule has 2 aromatic rings. The lowest BCUT2D eigenvalue weighted by atomic mass is 9.87. The minimum Gasteiger partial charge on any atom is -0.481 e. The quantitative estimate of drug-likeness (QED) is 0.690. The number of hydrogen-bond donors (Lipinski definition) is 1. The molecule has 0 aliphatic heterocycles. The Labute approximate surface area is 130 Å². The molecule has 0 radical (unpaired) electrons. The summed E-state index contributed by atoms with van der Waals surface area (Å²) in [4.78, 5) is 8.48. The van der Waals surface area contributed by atoms with Gasteiger partial charge in [0, 0.05) is 11.8 Å². The molecule has 0 unspecified atom stereocenters. The summed E-state index contributed by atoms with van der Waals surface area (Å²) >= 11 is 1.55. The third-order valence-electron chi connectivity index (χ3n) is 3.10. The first-order valence-corrected chi connectivity index (χ1v) is 7.78. The topological polar surface area (TPSA) is 61.0 Å². The van der Waals surface area contributed by atoms with Crippen molar-refractivity contribution in [1.29, 1.82) is 0 Å². The minimum absolute atomic E-state index is 0.177. The SMILES string of the molecule is COc1cc(N)nc(SCc2ccc(C(C)(C)C)cc2)n1. The van der Waals surface area contributed by atoms with Gasteiger partial charge in [0.25, 0.3) is 0 Å². The molecule has 0 aliphatic carbocycles. The van der Waals surface area contributed by atoms with Crippen molar-refractivity contribution in [3.63, 3.8) is 0 Å². The van der Waals surface area contributed by atoms with Crippen molar-refractivity contribution >= 4 is 17.6 Å². The van der Waals surface area contributed by atoms with Gasteiger partial charge in [0.2, 0.25) is 5.88 Å². The van der Waals surface area contributed by atoms with E-state index in [0.29, 0.717) is 16.9 Å². The van der Waals surface area contributed by atoms with Crippen LogP contribution in [0.4, 0.5) is 5.82 Å². The van der Waals surface area contributed by atoms with Gasteiger partial charge in [-0.25, -0.2) is 4.98 Å². The van der Waals surface area contributed by atoms with Crippen molar-refractivity contribution in [2.45, 2.75) is 37.1 Å². The van der Waals surface area contributed by atoms with Crippen LogP contribution in [0.25, 0.3) is 0 Å². The summed E-state index contributed by atoms with van der Waals surface area (Å²) in [7, 11) is 1.57. The van der Waals surface area contributed by atoms with E-state index in [1.165, 1.54) is 11.1 Å². The fourth-order valence-electron chi connectivity index (χ4n) is 1.84.